The van der Waals surface area contributed by atoms with Crippen LogP contribution < -0.4 is 10.2 Å². The summed E-state index contributed by atoms with van der Waals surface area (Å²) in [5, 5.41) is 3.55. The number of carbonyl (C=O) groups excluding carboxylic acids is 1. The van der Waals surface area contributed by atoms with E-state index >= 15 is 0 Å². The second kappa shape index (κ2) is 8.50. The molecule has 3 rings (SSSR count). The van der Waals surface area contributed by atoms with Crippen molar-refractivity contribution in [2.45, 2.75) is 32.2 Å². The fourth-order valence-electron chi connectivity index (χ4n) is 3.62. The Morgan fingerprint density at radius 3 is 2.44 bits per heavy atom. The highest BCUT2D eigenvalue weighted by Crippen LogP contribution is 2.20. The number of nitrogens with one attached hydrogen (secondary N) is 2. The molecule has 0 aliphatic carbocycles. The number of carbonyl (C=O) groups is 1. The van der Waals surface area contributed by atoms with Crippen molar-refractivity contribution in [2.75, 3.05) is 18.4 Å². The lowest BCUT2D eigenvalue weighted by Crippen LogP contribution is -3.17. The second-order valence-corrected chi connectivity index (χ2v) is 7.39. The van der Waals surface area contributed by atoms with Gasteiger partial charge in [-0.2, -0.15) is 0 Å². The molecule has 0 unspecified atom stereocenters. The predicted molar refractivity (Wildman–Crippen MR) is 103 cm³/mol. The number of halogens is 1. The smallest absolute Gasteiger partial charge is 0.282 e. The van der Waals surface area contributed by atoms with E-state index < -0.39 is 0 Å². The fraction of sp³-hybridized carbons (Fsp3) is 0.381. The summed E-state index contributed by atoms with van der Waals surface area (Å²) in [6.07, 6.45) is 3.50. The van der Waals surface area contributed by atoms with Gasteiger partial charge >= 0.3 is 0 Å². The van der Waals surface area contributed by atoms with Crippen LogP contribution >= 0.6 is 11.6 Å². The molecule has 2 N–H and O–H groups in total. The van der Waals surface area contributed by atoms with Crippen molar-refractivity contribution in [2.24, 2.45) is 5.92 Å². The zero-order valence-corrected chi connectivity index (χ0v) is 15.4. The Labute approximate surface area is 155 Å². The first kappa shape index (κ1) is 18.0. The number of piperidine rings is 1. The summed E-state index contributed by atoms with van der Waals surface area (Å²) in [5.74, 6) is 0.773. The monoisotopic (exact) mass is 357 g/mol. The molecule has 0 bridgehead atoms. The molecule has 132 valence electrons. The maximum absolute atomic E-state index is 12.5. The van der Waals surface area contributed by atoms with Gasteiger partial charge in [0.2, 0.25) is 0 Å². The van der Waals surface area contributed by atoms with E-state index in [0.29, 0.717) is 10.7 Å². The molecule has 1 fully saturated rings. The van der Waals surface area contributed by atoms with Gasteiger partial charge in [0.1, 0.15) is 0 Å². The molecule has 1 saturated heterocycles. The molecule has 4 heteroatoms. The highest BCUT2D eigenvalue weighted by Gasteiger charge is 2.30. The van der Waals surface area contributed by atoms with E-state index in [1.165, 1.54) is 23.3 Å². The van der Waals surface area contributed by atoms with Crippen LogP contribution in [0.2, 0.25) is 5.02 Å². The molecule has 2 aromatic rings. The molecule has 25 heavy (non-hydrogen) atoms. The summed E-state index contributed by atoms with van der Waals surface area (Å²) in [4.78, 5) is 13.9. The summed E-state index contributed by atoms with van der Waals surface area (Å²) in [6, 6.07) is 18.0. The lowest BCUT2D eigenvalue weighted by Gasteiger charge is -2.32. The van der Waals surface area contributed by atoms with Gasteiger partial charge in [-0.15, -0.1) is 0 Å². The Morgan fingerprint density at radius 2 is 1.76 bits per heavy atom. The van der Waals surface area contributed by atoms with E-state index in [-0.39, 0.29) is 11.9 Å². The van der Waals surface area contributed by atoms with E-state index in [1.54, 1.807) is 6.07 Å². The van der Waals surface area contributed by atoms with Crippen LogP contribution in [-0.2, 0) is 11.2 Å². The van der Waals surface area contributed by atoms with E-state index in [0.717, 1.165) is 25.4 Å². The molecule has 0 saturated carbocycles. The molecule has 0 spiro atoms. The summed E-state index contributed by atoms with van der Waals surface area (Å²) in [5.41, 5.74) is 2.11. The van der Waals surface area contributed by atoms with Crippen molar-refractivity contribution < 1.29 is 9.69 Å². The van der Waals surface area contributed by atoms with Crippen LogP contribution in [0, 0.1) is 5.92 Å². The van der Waals surface area contributed by atoms with Gasteiger partial charge in [-0.25, -0.2) is 0 Å². The summed E-state index contributed by atoms with van der Waals surface area (Å²) < 4.78 is 0. The highest BCUT2D eigenvalue weighted by atomic mass is 35.5. The van der Waals surface area contributed by atoms with Crippen LogP contribution in [0.15, 0.2) is 54.6 Å². The maximum atomic E-state index is 12.5. The van der Waals surface area contributed by atoms with Gasteiger partial charge < -0.3 is 10.2 Å². The first-order chi connectivity index (χ1) is 12.1. The minimum Gasteiger partial charge on any atom is -0.325 e. The Balaban J connectivity index is 1.50. The van der Waals surface area contributed by atoms with E-state index in [9.17, 15) is 4.79 Å². The lowest BCUT2D eigenvalue weighted by atomic mass is 9.89. The highest BCUT2D eigenvalue weighted by molar-refractivity contribution is 6.33. The first-order valence-corrected chi connectivity index (χ1v) is 9.45. The van der Waals surface area contributed by atoms with Gasteiger partial charge in [-0.3, -0.25) is 4.79 Å². The van der Waals surface area contributed by atoms with E-state index in [4.69, 9.17) is 11.6 Å². The van der Waals surface area contributed by atoms with Gasteiger partial charge in [0.05, 0.1) is 23.8 Å². The Bertz CT molecular complexity index is 696. The molecule has 0 radical (unpaired) electrons. The first-order valence-electron chi connectivity index (χ1n) is 9.07. The van der Waals surface area contributed by atoms with Gasteiger partial charge in [0.15, 0.2) is 6.04 Å². The number of quaternary nitrogens is 1. The van der Waals surface area contributed by atoms with Crippen LogP contribution in [0.1, 0.15) is 25.3 Å². The number of hydrogen-bond acceptors (Lipinski definition) is 1. The third-order valence-corrected chi connectivity index (χ3v) is 5.58. The van der Waals surface area contributed by atoms with Crippen molar-refractivity contribution in [1.29, 1.82) is 0 Å². The van der Waals surface area contributed by atoms with Crippen LogP contribution in [0.25, 0.3) is 0 Å². The van der Waals surface area contributed by atoms with Crippen LogP contribution in [0.5, 0.6) is 0 Å². The van der Waals surface area contributed by atoms with Crippen LogP contribution in [0.4, 0.5) is 5.69 Å². The van der Waals surface area contributed by atoms with Gasteiger partial charge in [-0.1, -0.05) is 54.1 Å². The number of rotatable bonds is 5. The van der Waals surface area contributed by atoms with Gasteiger partial charge in [0, 0.05) is 0 Å². The van der Waals surface area contributed by atoms with Crippen molar-refractivity contribution >= 4 is 23.2 Å². The molecule has 1 aliphatic rings. The molecule has 0 aromatic heterocycles. The Hall–Kier alpha value is -1.84. The summed E-state index contributed by atoms with van der Waals surface area (Å²) in [7, 11) is 0. The molecule has 1 aliphatic heterocycles. The normalized spacial score (nSPS) is 21.5. The summed E-state index contributed by atoms with van der Waals surface area (Å²) >= 11 is 6.13. The van der Waals surface area contributed by atoms with E-state index in [1.807, 2.05) is 25.1 Å². The molecule has 1 amide bonds. The van der Waals surface area contributed by atoms with Crippen molar-refractivity contribution in [1.82, 2.24) is 0 Å². The number of benzene rings is 2. The second-order valence-electron chi connectivity index (χ2n) is 6.98. The number of amides is 1. The molecular weight excluding hydrogens is 332 g/mol. The zero-order chi connectivity index (χ0) is 17.6. The maximum Gasteiger partial charge on any atom is 0.282 e. The average molecular weight is 358 g/mol. The minimum absolute atomic E-state index is 0.0459. The largest absolute Gasteiger partial charge is 0.325 e. The summed E-state index contributed by atoms with van der Waals surface area (Å²) in [6.45, 7) is 4.11. The molecular formula is C21H26ClN2O+. The van der Waals surface area contributed by atoms with Crippen LogP contribution in [-0.4, -0.2) is 25.0 Å². The third-order valence-electron chi connectivity index (χ3n) is 5.25. The van der Waals surface area contributed by atoms with Crippen molar-refractivity contribution in [3.63, 3.8) is 0 Å². The predicted octanol–water partition coefficient (Wildman–Crippen LogP) is 3.20. The number of anilines is 1. The Kier molecular flexibility index (Phi) is 6.11. The zero-order valence-electron chi connectivity index (χ0n) is 14.7. The average Bonchev–Trinajstić information content (AvgIpc) is 2.64. The third kappa shape index (κ3) is 4.83. The van der Waals surface area contributed by atoms with Crippen LogP contribution in [0.3, 0.4) is 0 Å². The standard InChI is InChI=1S/C21H25ClN2O/c1-16(21(25)23-20-10-6-5-9-19(20)22)24-13-11-18(12-14-24)15-17-7-3-2-4-8-17/h2-10,16,18H,11-15H2,1H3,(H,23,25)/p+1/t16-/m0/s1. The molecule has 1 atom stereocenters. The molecule has 3 nitrogen and oxygen atoms in total. The topological polar surface area (TPSA) is 33.5 Å². The van der Waals surface area contributed by atoms with Crippen molar-refractivity contribution in [3.05, 3.63) is 65.2 Å². The van der Waals surface area contributed by atoms with E-state index in [2.05, 4.69) is 35.6 Å². The molecule has 1 heterocycles. The fourth-order valence-corrected chi connectivity index (χ4v) is 3.80. The molecule has 2 aromatic carbocycles. The number of likely N-dealkylation sites (tertiary alicyclic amines) is 1. The minimum atomic E-state index is -0.0612. The van der Waals surface area contributed by atoms with Crippen molar-refractivity contribution in [3.8, 4) is 0 Å². The van der Waals surface area contributed by atoms with Gasteiger partial charge in [-0.05, 0) is 49.8 Å². The van der Waals surface area contributed by atoms with Gasteiger partial charge in [0.25, 0.3) is 5.91 Å². The quantitative estimate of drug-likeness (QED) is 0.846. The number of hydrogen-bond donors (Lipinski definition) is 2. The Morgan fingerprint density at radius 1 is 1.12 bits per heavy atom. The lowest BCUT2D eigenvalue weighted by molar-refractivity contribution is -0.919. The SMILES string of the molecule is C[C@@H](C(=O)Nc1ccccc1Cl)[NH+]1CCC(Cc2ccccc2)CC1. The number of para-hydroxylation sites is 1.